The van der Waals surface area contributed by atoms with Gasteiger partial charge in [-0.1, -0.05) is 29.5 Å². The van der Waals surface area contributed by atoms with Gasteiger partial charge in [-0.25, -0.2) is 4.98 Å². The molecule has 0 fully saturated rings. The average Bonchev–Trinajstić information content (AvgIpc) is 2.90. The van der Waals surface area contributed by atoms with Gasteiger partial charge < -0.3 is 9.88 Å². The maximum absolute atomic E-state index is 12.0. The van der Waals surface area contributed by atoms with Crippen LogP contribution in [0.25, 0.3) is 10.2 Å². The molecule has 3 aromatic rings. The molecule has 0 radical (unpaired) electrons. The van der Waals surface area contributed by atoms with Crippen molar-refractivity contribution in [3.05, 3.63) is 58.5 Å². The fourth-order valence-electron chi connectivity index (χ4n) is 2.19. The van der Waals surface area contributed by atoms with Crippen molar-refractivity contribution < 1.29 is 4.79 Å². The van der Waals surface area contributed by atoms with E-state index in [-0.39, 0.29) is 17.9 Å². The normalized spacial score (nSPS) is 10.8. The van der Waals surface area contributed by atoms with Gasteiger partial charge in [0.05, 0.1) is 10.2 Å². The standard InChI is InChI=1S/C16H15N3O2S/c1-11-5-4-6-12-15(11)18-16(22-12)17-13(20)8-10-19-9-3-2-7-14(19)21/h2-7,9H,8,10H2,1H3,(H,17,18,20). The van der Waals surface area contributed by atoms with E-state index in [1.807, 2.05) is 25.1 Å². The average molecular weight is 313 g/mol. The fraction of sp³-hybridized carbons (Fsp3) is 0.188. The van der Waals surface area contributed by atoms with Crippen LogP contribution in [0.1, 0.15) is 12.0 Å². The molecular formula is C16H15N3O2S. The lowest BCUT2D eigenvalue weighted by Gasteiger charge is -2.04. The maximum atomic E-state index is 12.0. The second-order valence-electron chi connectivity index (χ2n) is 4.97. The lowest BCUT2D eigenvalue weighted by Crippen LogP contribution is -2.21. The number of hydrogen-bond donors (Lipinski definition) is 1. The van der Waals surface area contributed by atoms with Crippen molar-refractivity contribution in [1.29, 1.82) is 0 Å². The van der Waals surface area contributed by atoms with Crippen LogP contribution in [0.4, 0.5) is 5.13 Å². The van der Waals surface area contributed by atoms with Gasteiger partial charge in [-0.3, -0.25) is 9.59 Å². The zero-order chi connectivity index (χ0) is 15.5. The summed E-state index contributed by atoms with van der Waals surface area (Å²) in [5, 5.41) is 3.39. The van der Waals surface area contributed by atoms with Crippen molar-refractivity contribution in [2.45, 2.75) is 19.9 Å². The topological polar surface area (TPSA) is 64.0 Å². The van der Waals surface area contributed by atoms with E-state index in [0.29, 0.717) is 11.7 Å². The third-order valence-corrected chi connectivity index (χ3v) is 4.28. The van der Waals surface area contributed by atoms with E-state index >= 15 is 0 Å². The van der Waals surface area contributed by atoms with E-state index in [4.69, 9.17) is 0 Å². The predicted molar refractivity (Wildman–Crippen MR) is 88.3 cm³/mol. The first-order valence-corrected chi connectivity index (χ1v) is 7.76. The highest BCUT2D eigenvalue weighted by atomic mass is 32.1. The minimum atomic E-state index is -0.146. The molecule has 0 bridgehead atoms. The molecule has 0 aliphatic rings. The number of benzene rings is 1. The van der Waals surface area contributed by atoms with Crippen LogP contribution in [0.3, 0.4) is 0 Å². The van der Waals surface area contributed by atoms with E-state index in [9.17, 15) is 9.59 Å². The molecule has 0 aliphatic carbocycles. The number of aromatic nitrogens is 2. The van der Waals surface area contributed by atoms with E-state index in [0.717, 1.165) is 15.8 Å². The molecule has 2 aromatic heterocycles. The van der Waals surface area contributed by atoms with Gasteiger partial charge >= 0.3 is 0 Å². The summed E-state index contributed by atoms with van der Waals surface area (Å²) < 4.78 is 2.57. The molecule has 1 N–H and O–H groups in total. The molecule has 1 aromatic carbocycles. The molecule has 22 heavy (non-hydrogen) atoms. The number of para-hydroxylation sites is 1. The van der Waals surface area contributed by atoms with Crippen molar-refractivity contribution in [2.24, 2.45) is 0 Å². The summed E-state index contributed by atoms with van der Waals surface area (Å²) in [7, 11) is 0. The van der Waals surface area contributed by atoms with Crippen LogP contribution in [-0.2, 0) is 11.3 Å². The van der Waals surface area contributed by atoms with Crippen molar-refractivity contribution in [3.8, 4) is 0 Å². The monoisotopic (exact) mass is 313 g/mol. The number of nitrogens with zero attached hydrogens (tertiary/aromatic N) is 2. The maximum Gasteiger partial charge on any atom is 0.250 e. The highest BCUT2D eigenvalue weighted by molar-refractivity contribution is 7.22. The van der Waals surface area contributed by atoms with E-state index in [1.165, 1.54) is 22.0 Å². The summed E-state index contributed by atoms with van der Waals surface area (Å²) in [6.07, 6.45) is 1.91. The number of aryl methyl sites for hydroxylation is 2. The smallest absolute Gasteiger partial charge is 0.250 e. The van der Waals surface area contributed by atoms with Crippen LogP contribution in [0.15, 0.2) is 47.4 Å². The van der Waals surface area contributed by atoms with Crippen LogP contribution in [-0.4, -0.2) is 15.5 Å². The lowest BCUT2D eigenvalue weighted by molar-refractivity contribution is -0.116. The van der Waals surface area contributed by atoms with Gasteiger partial charge in [-0.05, 0) is 24.6 Å². The zero-order valence-corrected chi connectivity index (χ0v) is 12.9. The van der Waals surface area contributed by atoms with Gasteiger partial charge in [-0.2, -0.15) is 0 Å². The van der Waals surface area contributed by atoms with Crippen LogP contribution in [0.2, 0.25) is 0 Å². The van der Waals surface area contributed by atoms with Gasteiger partial charge in [0, 0.05) is 25.2 Å². The number of thiazole rings is 1. The Hall–Kier alpha value is -2.47. The SMILES string of the molecule is Cc1cccc2sc(NC(=O)CCn3ccccc3=O)nc12. The Labute approximate surface area is 131 Å². The van der Waals surface area contributed by atoms with Crippen LogP contribution in [0.5, 0.6) is 0 Å². The second kappa shape index (κ2) is 6.11. The van der Waals surface area contributed by atoms with E-state index < -0.39 is 0 Å². The molecule has 5 nitrogen and oxygen atoms in total. The minimum absolute atomic E-state index is 0.106. The quantitative estimate of drug-likeness (QED) is 0.805. The van der Waals surface area contributed by atoms with Crippen LogP contribution in [0, 0.1) is 6.92 Å². The zero-order valence-electron chi connectivity index (χ0n) is 12.1. The molecule has 0 atom stereocenters. The highest BCUT2D eigenvalue weighted by Crippen LogP contribution is 2.27. The largest absolute Gasteiger partial charge is 0.315 e. The number of hydrogen-bond acceptors (Lipinski definition) is 4. The third-order valence-electron chi connectivity index (χ3n) is 3.35. The van der Waals surface area contributed by atoms with Crippen LogP contribution >= 0.6 is 11.3 Å². The number of rotatable bonds is 4. The summed E-state index contributed by atoms with van der Waals surface area (Å²) in [6.45, 7) is 2.35. The molecule has 3 rings (SSSR count). The minimum Gasteiger partial charge on any atom is -0.315 e. The lowest BCUT2D eigenvalue weighted by atomic mass is 10.2. The number of carbonyl (C=O) groups excluding carboxylic acids is 1. The number of anilines is 1. The van der Waals surface area contributed by atoms with Gasteiger partial charge in [0.15, 0.2) is 5.13 Å². The summed E-state index contributed by atoms with van der Waals surface area (Å²) in [4.78, 5) is 28.0. The molecule has 0 saturated heterocycles. The molecule has 112 valence electrons. The van der Waals surface area contributed by atoms with Crippen LogP contribution < -0.4 is 10.9 Å². The van der Waals surface area contributed by atoms with E-state index in [2.05, 4.69) is 10.3 Å². The molecule has 0 aliphatic heterocycles. The Morgan fingerprint density at radius 1 is 1.27 bits per heavy atom. The Balaban J connectivity index is 1.67. The molecule has 6 heteroatoms. The number of amides is 1. The summed E-state index contributed by atoms with van der Waals surface area (Å²) >= 11 is 1.45. The van der Waals surface area contributed by atoms with Crippen molar-refractivity contribution in [3.63, 3.8) is 0 Å². The Kier molecular flexibility index (Phi) is 4.02. The third kappa shape index (κ3) is 3.07. The first-order valence-electron chi connectivity index (χ1n) is 6.95. The van der Waals surface area contributed by atoms with Crippen molar-refractivity contribution >= 4 is 32.6 Å². The van der Waals surface area contributed by atoms with E-state index in [1.54, 1.807) is 18.3 Å². The van der Waals surface area contributed by atoms with Crippen molar-refractivity contribution in [2.75, 3.05) is 5.32 Å². The van der Waals surface area contributed by atoms with Gasteiger partial charge in [-0.15, -0.1) is 0 Å². The molecule has 0 spiro atoms. The predicted octanol–water partition coefficient (Wildman–Crippen LogP) is 2.80. The molecule has 0 unspecified atom stereocenters. The molecule has 2 heterocycles. The van der Waals surface area contributed by atoms with Gasteiger partial charge in [0.1, 0.15) is 0 Å². The molecule has 1 amide bonds. The molecular weight excluding hydrogens is 298 g/mol. The van der Waals surface area contributed by atoms with Gasteiger partial charge in [0.25, 0.3) is 5.56 Å². The number of carbonyl (C=O) groups is 1. The first-order chi connectivity index (χ1) is 10.6. The highest BCUT2D eigenvalue weighted by Gasteiger charge is 2.09. The number of fused-ring (bicyclic) bond motifs is 1. The first kappa shape index (κ1) is 14.5. The fourth-order valence-corrected chi connectivity index (χ4v) is 3.15. The summed E-state index contributed by atoms with van der Waals surface area (Å²) in [6, 6.07) is 10.9. The summed E-state index contributed by atoms with van der Waals surface area (Å²) in [5.41, 5.74) is 1.90. The molecule has 0 saturated carbocycles. The van der Waals surface area contributed by atoms with Gasteiger partial charge in [0.2, 0.25) is 5.91 Å². The second-order valence-corrected chi connectivity index (χ2v) is 6.00. The van der Waals surface area contributed by atoms with Crippen molar-refractivity contribution in [1.82, 2.24) is 9.55 Å². The number of nitrogens with one attached hydrogen (secondary N) is 1. The Bertz CT molecular complexity index is 882. The Morgan fingerprint density at radius 2 is 2.14 bits per heavy atom. The summed E-state index contributed by atoms with van der Waals surface area (Å²) in [5.74, 6) is -0.146. The number of pyridine rings is 1. The Morgan fingerprint density at radius 3 is 2.91 bits per heavy atom.